The Morgan fingerprint density at radius 1 is 1.05 bits per heavy atom. The third kappa shape index (κ3) is 4.32. The van der Waals surface area contributed by atoms with Gasteiger partial charge in [-0.3, -0.25) is 0 Å². The van der Waals surface area contributed by atoms with Crippen LogP contribution in [0.4, 0.5) is 5.69 Å². The molecule has 0 amide bonds. The number of aryl methyl sites for hydroxylation is 1. The van der Waals surface area contributed by atoms with Gasteiger partial charge in [0, 0.05) is 26.3 Å². The van der Waals surface area contributed by atoms with Gasteiger partial charge in [-0.15, -0.1) is 0 Å². The molecule has 1 N–H and O–H groups in total. The summed E-state index contributed by atoms with van der Waals surface area (Å²) in [5.41, 5.74) is 3.17. The van der Waals surface area contributed by atoms with Crippen LogP contribution in [0.15, 0.2) is 53.4 Å². The lowest BCUT2D eigenvalue weighted by atomic mass is 10.1. The first kappa shape index (κ1) is 16.5. The topological polar surface area (TPSA) is 49.4 Å². The average molecular weight is 318 g/mol. The van der Waals surface area contributed by atoms with Crippen molar-refractivity contribution in [3.8, 4) is 0 Å². The monoisotopic (exact) mass is 318 g/mol. The van der Waals surface area contributed by atoms with Gasteiger partial charge >= 0.3 is 0 Å². The van der Waals surface area contributed by atoms with E-state index >= 15 is 0 Å². The number of nitrogens with one attached hydrogen (secondary N) is 1. The predicted molar refractivity (Wildman–Crippen MR) is 90.8 cm³/mol. The molecular formula is C17H22N2O2S. The van der Waals surface area contributed by atoms with Gasteiger partial charge in [-0.05, 0) is 48.7 Å². The molecule has 0 aliphatic carbocycles. The summed E-state index contributed by atoms with van der Waals surface area (Å²) in [7, 11) is 0.549. The smallest absolute Gasteiger partial charge is 0.240 e. The Bertz CT molecular complexity index is 723. The minimum atomic E-state index is -3.43. The van der Waals surface area contributed by atoms with E-state index in [1.54, 1.807) is 18.2 Å². The van der Waals surface area contributed by atoms with Crippen molar-refractivity contribution >= 4 is 15.7 Å². The van der Waals surface area contributed by atoms with Crippen molar-refractivity contribution in [1.29, 1.82) is 0 Å². The van der Waals surface area contributed by atoms with Crippen molar-refractivity contribution in [3.05, 3.63) is 59.7 Å². The largest absolute Gasteiger partial charge is 0.378 e. The highest BCUT2D eigenvalue weighted by molar-refractivity contribution is 7.89. The van der Waals surface area contributed by atoms with Crippen LogP contribution < -0.4 is 9.62 Å². The van der Waals surface area contributed by atoms with E-state index in [1.165, 1.54) is 0 Å². The minimum Gasteiger partial charge on any atom is -0.378 e. The van der Waals surface area contributed by atoms with Gasteiger partial charge in [0.15, 0.2) is 0 Å². The van der Waals surface area contributed by atoms with E-state index < -0.39 is 10.0 Å². The van der Waals surface area contributed by atoms with Gasteiger partial charge in [0.1, 0.15) is 0 Å². The van der Waals surface area contributed by atoms with E-state index in [0.29, 0.717) is 17.9 Å². The van der Waals surface area contributed by atoms with Crippen LogP contribution in [0.5, 0.6) is 0 Å². The zero-order valence-electron chi connectivity index (χ0n) is 13.2. The first-order valence-corrected chi connectivity index (χ1v) is 8.69. The molecule has 0 radical (unpaired) electrons. The Morgan fingerprint density at radius 2 is 1.73 bits per heavy atom. The molecule has 0 saturated heterocycles. The van der Waals surface area contributed by atoms with E-state index in [1.807, 2.05) is 56.3 Å². The standard InChI is InChI=1S/C17H22N2O2S/c1-14-5-4-6-17(13-14)22(20,21)18-12-11-15-7-9-16(10-8-15)19(2)3/h4-10,13,18H,11-12H2,1-3H3. The highest BCUT2D eigenvalue weighted by Crippen LogP contribution is 2.13. The van der Waals surface area contributed by atoms with Gasteiger partial charge in [-0.1, -0.05) is 24.3 Å². The molecular weight excluding hydrogens is 296 g/mol. The highest BCUT2D eigenvalue weighted by atomic mass is 32.2. The lowest BCUT2D eigenvalue weighted by molar-refractivity contribution is 0.581. The van der Waals surface area contributed by atoms with E-state index in [4.69, 9.17) is 0 Å². The predicted octanol–water partition coefficient (Wildman–Crippen LogP) is 2.58. The molecule has 0 saturated carbocycles. The first-order chi connectivity index (χ1) is 10.4. The van der Waals surface area contributed by atoms with Crippen molar-refractivity contribution in [2.24, 2.45) is 0 Å². The number of benzene rings is 2. The maximum absolute atomic E-state index is 12.2. The summed E-state index contributed by atoms with van der Waals surface area (Å²) < 4.78 is 27.1. The maximum atomic E-state index is 12.2. The Morgan fingerprint density at radius 3 is 2.32 bits per heavy atom. The van der Waals surface area contributed by atoms with Gasteiger partial charge in [0.05, 0.1) is 4.90 Å². The molecule has 0 bridgehead atoms. The molecule has 0 heterocycles. The van der Waals surface area contributed by atoms with Crippen LogP contribution in [-0.4, -0.2) is 29.1 Å². The van der Waals surface area contributed by atoms with Crippen molar-refractivity contribution in [2.75, 3.05) is 25.5 Å². The molecule has 4 nitrogen and oxygen atoms in total. The summed E-state index contributed by atoms with van der Waals surface area (Å²) in [5.74, 6) is 0. The summed E-state index contributed by atoms with van der Waals surface area (Å²) in [6, 6.07) is 15.0. The maximum Gasteiger partial charge on any atom is 0.240 e. The van der Waals surface area contributed by atoms with Crippen LogP contribution in [-0.2, 0) is 16.4 Å². The average Bonchev–Trinajstić information content (AvgIpc) is 2.47. The number of anilines is 1. The lowest BCUT2D eigenvalue weighted by Crippen LogP contribution is -2.26. The SMILES string of the molecule is Cc1cccc(S(=O)(=O)NCCc2ccc(N(C)C)cc2)c1. The van der Waals surface area contributed by atoms with Gasteiger partial charge in [-0.25, -0.2) is 13.1 Å². The molecule has 0 aliphatic heterocycles. The molecule has 0 aliphatic rings. The molecule has 118 valence electrons. The van der Waals surface area contributed by atoms with Crippen LogP contribution in [0, 0.1) is 6.92 Å². The zero-order valence-corrected chi connectivity index (χ0v) is 14.0. The third-order valence-electron chi connectivity index (χ3n) is 3.46. The van der Waals surface area contributed by atoms with Crippen molar-refractivity contribution in [3.63, 3.8) is 0 Å². The summed E-state index contributed by atoms with van der Waals surface area (Å²) in [4.78, 5) is 2.35. The van der Waals surface area contributed by atoms with Gasteiger partial charge < -0.3 is 4.90 Å². The van der Waals surface area contributed by atoms with E-state index in [-0.39, 0.29) is 0 Å². The molecule has 2 aromatic carbocycles. The fourth-order valence-corrected chi connectivity index (χ4v) is 3.29. The molecule has 2 aromatic rings. The normalized spacial score (nSPS) is 11.4. The third-order valence-corrected chi connectivity index (χ3v) is 4.92. The second-order valence-electron chi connectivity index (χ2n) is 5.53. The summed E-state index contributed by atoms with van der Waals surface area (Å²) in [6.45, 7) is 2.27. The van der Waals surface area contributed by atoms with Crippen LogP contribution >= 0.6 is 0 Å². The highest BCUT2D eigenvalue weighted by Gasteiger charge is 2.13. The Kier molecular flexibility index (Phi) is 5.21. The van der Waals surface area contributed by atoms with Gasteiger partial charge in [0.25, 0.3) is 0 Å². The van der Waals surface area contributed by atoms with Crippen LogP contribution in [0.1, 0.15) is 11.1 Å². The molecule has 5 heteroatoms. The number of nitrogens with zero attached hydrogens (tertiary/aromatic N) is 1. The zero-order chi connectivity index (χ0) is 16.2. The van der Waals surface area contributed by atoms with E-state index in [2.05, 4.69) is 4.72 Å². The molecule has 0 fully saturated rings. The fraction of sp³-hybridized carbons (Fsp3) is 0.294. The quantitative estimate of drug-likeness (QED) is 0.890. The van der Waals surface area contributed by atoms with Crippen LogP contribution in [0.2, 0.25) is 0 Å². The second kappa shape index (κ2) is 6.94. The summed E-state index contributed by atoms with van der Waals surface area (Å²) >= 11 is 0. The Hall–Kier alpha value is -1.85. The van der Waals surface area contributed by atoms with Crippen LogP contribution in [0.3, 0.4) is 0 Å². The Balaban J connectivity index is 1.95. The first-order valence-electron chi connectivity index (χ1n) is 7.21. The second-order valence-corrected chi connectivity index (χ2v) is 7.29. The van der Waals surface area contributed by atoms with Crippen molar-refractivity contribution < 1.29 is 8.42 Å². The molecule has 0 aromatic heterocycles. The van der Waals surface area contributed by atoms with Gasteiger partial charge in [0.2, 0.25) is 10.0 Å². The van der Waals surface area contributed by atoms with E-state index in [9.17, 15) is 8.42 Å². The van der Waals surface area contributed by atoms with Gasteiger partial charge in [-0.2, -0.15) is 0 Å². The molecule has 2 rings (SSSR count). The van der Waals surface area contributed by atoms with Crippen molar-refractivity contribution in [1.82, 2.24) is 4.72 Å². The van der Waals surface area contributed by atoms with Crippen LogP contribution in [0.25, 0.3) is 0 Å². The Labute approximate surface area is 132 Å². The lowest BCUT2D eigenvalue weighted by Gasteiger charge is -2.13. The minimum absolute atomic E-state index is 0.315. The molecule has 0 atom stereocenters. The fourth-order valence-electron chi connectivity index (χ4n) is 2.16. The number of sulfonamides is 1. The molecule has 0 unspecified atom stereocenters. The molecule has 22 heavy (non-hydrogen) atoms. The summed E-state index contributed by atoms with van der Waals surface area (Å²) in [6.07, 6.45) is 0.665. The number of hydrogen-bond donors (Lipinski definition) is 1. The van der Waals surface area contributed by atoms with E-state index in [0.717, 1.165) is 16.8 Å². The number of rotatable bonds is 6. The summed E-state index contributed by atoms with van der Waals surface area (Å²) in [5, 5.41) is 0. The van der Waals surface area contributed by atoms with Crippen molar-refractivity contribution in [2.45, 2.75) is 18.2 Å². The number of hydrogen-bond acceptors (Lipinski definition) is 3. The molecule has 0 spiro atoms.